The van der Waals surface area contributed by atoms with Crippen LogP contribution in [0.5, 0.6) is 0 Å². The predicted octanol–water partition coefficient (Wildman–Crippen LogP) is 1.74. The van der Waals surface area contributed by atoms with E-state index in [-0.39, 0.29) is 17.5 Å². The van der Waals surface area contributed by atoms with Crippen LogP contribution in [0.2, 0.25) is 0 Å². The van der Waals surface area contributed by atoms with Crippen LogP contribution in [-0.2, 0) is 10.6 Å². The van der Waals surface area contributed by atoms with Crippen LogP contribution in [0.3, 0.4) is 0 Å². The molecule has 0 amide bonds. The quantitative estimate of drug-likeness (QED) is 0.781. The lowest BCUT2D eigenvalue weighted by Gasteiger charge is -2.01. The number of hydrogen-bond donors (Lipinski definition) is 0. The molecule has 0 unspecified atom stereocenters. The molecule has 0 saturated carbocycles. The van der Waals surface area contributed by atoms with Gasteiger partial charge in [0.15, 0.2) is 0 Å². The van der Waals surface area contributed by atoms with Crippen LogP contribution >= 0.6 is 22.9 Å². The maximum atomic E-state index is 11.8. The third-order valence-electron chi connectivity index (χ3n) is 2.66. The summed E-state index contributed by atoms with van der Waals surface area (Å²) in [6, 6.07) is 1.42. The van der Waals surface area contributed by atoms with E-state index in [1.807, 2.05) is 0 Å². The zero-order valence-corrected chi connectivity index (χ0v) is 10.5. The van der Waals surface area contributed by atoms with Crippen LogP contribution < -0.4 is 5.56 Å². The van der Waals surface area contributed by atoms with Gasteiger partial charge in [-0.15, -0.1) is 11.6 Å². The topological polar surface area (TPSA) is 56.5 Å². The molecule has 3 heterocycles. The molecule has 1 aliphatic heterocycles. The highest BCUT2D eigenvalue weighted by Gasteiger charge is 2.22. The second-order valence-corrected chi connectivity index (χ2v) is 5.11. The fourth-order valence-electron chi connectivity index (χ4n) is 1.84. The maximum Gasteiger partial charge on any atom is 0.275 e. The summed E-state index contributed by atoms with van der Waals surface area (Å²) in [5.74, 6) is 0.235. The van der Waals surface area contributed by atoms with Gasteiger partial charge in [-0.2, -0.15) is 9.61 Å². The molecule has 1 aliphatic rings. The largest absolute Gasteiger partial charge is 0.371 e. The van der Waals surface area contributed by atoms with Crippen molar-refractivity contribution in [3.8, 4) is 0 Å². The van der Waals surface area contributed by atoms with Crippen LogP contribution in [0.4, 0.5) is 0 Å². The van der Waals surface area contributed by atoms with Gasteiger partial charge in [-0.25, -0.2) is 4.98 Å². The summed E-state index contributed by atoms with van der Waals surface area (Å²) >= 11 is 7.08. The highest BCUT2D eigenvalue weighted by atomic mass is 35.5. The number of nitrogens with zero attached hydrogens (tertiary/aromatic N) is 3. The van der Waals surface area contributed by atoms with E-state index in [4.69, 9.17) is 16.3 Å². The summed E-state index contributed by atoms with van der Waals surface area (Å²) in [6.45, 7) is 0.760. The average Bonchev–Trinajstić information content (AvgIpc) is 2.96. The molecule has 1 saturated heterocycles. The Morgan fingerprint density at radius 1 is 1.65 bits per heavy atom. The van der Waals surface area contributed by atoms with E-state index in [1.165, 1.54) is 21.9 Å². The molecular weight excluding hydrogens is 262 g/mol. The molecule has 0 spiro atoms. The van der Waals surface area contributed by atoms with E-state index < -0.39 is 0 Å². The van der Waals surface area contributed by atoms with Gasteiger partial charge in [-0.05, 0) is 12.8 Å². The Labute approximate surface area is 106 Å². The van der Waals surface area contributed by atoms with Gasteiger partial charge >= 0.3 is 0 Å². The Hall–Kier alpha value is -0.980. The van der Waals surface area contributed by atoms with Gasteiger partial charge in [0, 0.05) is 12.7 Å². The molecule has 0 bridgehead atoms. The minimum atomic E-state index is -0.189. The standard InChI is InChI=1S/C10H10ClN3O2S/c11-5-6-4-8(15)14-10(12-6)17-9(13-14)7-2-1-3-16-7/h4,7H,1-3,5H2/t7-/m0/s1. The monoisotopic (exact) mass is 271 g/mol. The number of halogens is 1. The van der Waals surface area contributed by atoms with Gasteiger partial charge in [0.05, 0.1) is 11.6 Å². The molecule has 2 aromatic rings. The molecule has 2 aromatic heterocycles. The van der Waals surface area contributed by atoms with Crippen molar-refractivity contribution in [3.05, 3.63) is 27.1 Å². The fraction of sp³-hybridized carbons (Fsp3) is 0.500. The Bertz CT molecular complexity index is 603. The van der Waals surface area contributed by atoms with Crippen LogP contribution in [-0.4, -0.2) is 21.2 Å². The zero-order chi connectivity index (χ0) is 11.8. The highest BCUT2D eigenvalue weighted by molar-refractivity contribution is 7.16. The van der Waals surface area contributed by atoms with Gasteiger partial charge in [0.1, 0.15) is 11.1 Å². The van der Waals surface area contributed by atoms with E-state index in [1.54, 1.807) is 0 Å². The zero-order valence-electron chi connectivity index (χ0n) is 8.93. The lowest BCUT2D eigenvalue weighted by Crippen LogP contribution is -2.15. The first kappa shape index (κ1) is 11.1. The number of ether oxygens (including phenoxy) is 1. The lowest BCUT2D eigenvalue weighted by molar-refractivity contribution is 0.111. The van der Waals surface area contributed by atoms with Crippen LogP contribution in [0.1, 0.15) is 29.6 Å². The summed E-state index contributed by atoms with van der Waals surface area (Å²) in [4.78, 5) is 16.6. The summed E-state index contributed by atoms with van der Waals surface area (Å²) < 4.78 is 6.86. The number of rotatable bonds is 2. The number of hydrogen-bond acceptors (Lipinski definition) is 5. The Balaban J connectivity index is 2.11. The molecular formula is C10H10ClN3O2S. The third kappa shape index (κ3) is 1.96. The molecule has 0 radical (unpaired) electrons. The number of fused-ring (bicyclic) bond motifs is 1. The first-order valence-corrected chi connectivity index (χ1v) is 6.70. The molecule has 17 heavy (non-hydrogen) atoms. The summed E-state index contributed by atoms with van der Waals surface area (Å²) in [5, 5.41) is 5.08. The van der Waals surface area contributed by atoms with Crippen molar-refractivity contribution in [2.75, 3.05) is 6.61 Å². The van der Waals surface area contributed by atoms with Crippen molar-refractivity contribution >= 4 is 27.9 Å². The van der Waals surface area contributed by atoms with Gasteiger partial charge in [-0.1, -0.05) is 11.3 Å². The van der Waals surface area contributed by atoms with E-state index in [9.17, 15) is 4.79 Å². The van der Waals surface area contributed by atoms with Crippen LogP contribution in [0.15, 0.2) is 10.9 Å². The molecule has 1 fully saturated rings. The smallest absolute Gasteiger partial charge is 0.275 e. The van der Waals surface area contributed by atoms with Crippen molar-refractivity contribution in [2.24, 2.45) is 0 Å². The fourth-order valence-corrected chi connectivity index (χ4v) is 2.99. The first-order valence-electron chi connectivity index (χ1n) is 5.35. The SMILES string of the molecule is O=c1cc(CCl)nc2sc([C@@H]3CCCO3)nn12. The van der Waals surface area contributed by atoms with Crippen molar-refractivity contribution < 1.29 is 4.74 Å². The van der Waals surface area contributed by atoms with Gasteiger partial charge in [0.25, 0.3) is 5.56 Å². The lowest BCUT2D eigenvalue weighted by atomic mass is 10.2. The minimum Gasteiger partial charge on any atom is -0.371 e. The van der Waals surface area contributed by atoms with E-state index in [0.29, 0.717) is 10.7 Å². The van der Waals surface area contributed by atoms with Gasteiger partial charge in [-0.3, -0.25) is 4.79 Å². The van der Waals surface area contributed by atoms with Crippen molar-refractivity contribution in [1.82, 2.24) is 14.6 Å². The number of aromatic nitrogens is 3. The molecule has 1 atom stereocenters. The average molecular weight is 272 g/mol. The van der Waals surface area contributed by atoms with Crippen molar-refractivity contribution in [2.45, 2.75) is 24.8 Å². The normalized spacial score (nSPS) is 20.2. The molecule has 3 rings (SSSR count). The Morgan fingerprint density at radius 3 is 3.24 bits per heavy atom. The van der Waals surface area contributed by atoms with Crippen molar-refractivity contribution in [3.63, 3.8) is 0 Å². The molecule has 7 heteroatoms. The van der Waals surface area contributed by atoms with Crippen molar-refractivity contribution in [1.29, 1.82) is 0 Å². The highest BCUT2D eigenvalue weighted by Crippen LogP contribution is 2.30. The molecule has 0 N–H and O–H groups in total. The van der Waals surface area contributed by atoms with E-state index in [0.717, 1.165) is 24.5 Å². The number of alkyl halides is 1. The first-order chi connectivity index (χ1) is 8.28. The summed E-state index contributed by atoms with van der Waals surface area (Å²) in [7, 11) is 0. The minimum absolute atomic E-state index is 0.0144. The third-order valence-corrected chi connectivity index (χ3v) is 3.93. The van der Waals surface area contributed by atoms with E-state index >= 15 is 0 Å². The van der Waals surface area contributed by atoms with Gasteiger partial charge < -0.3 is 4.74 Å². The maximum absolute atomic E-state index is 11.8. The predicted molar refractivity (Wildman–Crippen MR) is 64.6 cm³/mol. The Morgan fingerprint density at radius 2 is 2.53 bits per heavy atom. The Kier molecular flexibility index (Phi) is 2.85. The summed E-state index contributed by atoms with van der Waals surface area (Å²) in [5.41, 5.74) is 0.394. The molecule has 5 nitrogen and oxygen atoms in total. The second kappa shape index (κ2) is 4.36. The second-order valence-electron chi connectivity index (χ2n) is 3.86. The van der Waals surface area contributed by atoms with Gasteiger partial charge in [0.2, 0.25) is 4.96 Å². The summed E-state index contributed by atoms with van der Waals surface area (Å²) in [6.07, 6.45) is 2.01. The molecule has 0 aliphatic carbocycles. The molecule has 90 valence electrons. The van der Waals surface area contributed by atoms with Crippen LogP contribution in [0, 0.1) is 0 Å². The molecule has 0 aromatic carbocycles. The van der Waals surface area contributed by atoms with E-state index in [2.05, 4.69) is 10.1 Å². The van der Waals surface area contributed by atoms with Crippen LogP contribution in [0.25, 0.3) is 4.96 Å².